The summed E-state index contributed by atoms with van der Waals surface area (Å²) in [6, 6.07) is 1.79. The van der Waals surface area contributed by atoms with Crippen LogP contribution in [0.2, 0.25) is 5.02 Å². The molecule has 2 unspecified atom stereocenters. The Morgan fingerprint density at radius 2 is 1.97 bits per heavy atom. The van der Waals surface area contributed by atoms with Crippen LogP contribution in [0.3, 0.4) is 0 Å². The molecule has 33 heavy (non-hydrogen) atoms. The van der Waals surface area contributed by atoms with E-state index >= 15 is 0 Å². The van der Waals surface area contributed by atoms with Crippen molar-refractivity contribution < 1.29 is 24.1 Å². The second kappa shape index (κ2) is 8.13. The number of nitrogens with one attached hydrogen (secondary N) is 1. The zero-order valence-corrected chi connectivity index (χ0v) is 18.8. The number of aromatic nitrogens is 5. The Balaban J connectivity index is 1.36. The zero-order chi connectivity index (χ0) is 23.4. The van der Waals surface area contributed by atoms with Crippen LogP contribution in [0.15, 0.2) is 15.7 Å². The molecule has 0 saturated carbocycles. The molecule has 2 aliphatic heterocycles. The van der Waals surface area contributed by atoms with E-state index in [1.165, 1.54) is 11.6 Å². The second-order valence-electron chi connectivity index (χ2n) is 8.07. The van der Waals surface area contributed by atoms with Gasteiger partial charge in [0.25, 0.3) is 11.6 Å². The molecular weight excluding hydrogens is 458 g/mol. The van der Waals surface area contributed by atoms with Gasteiger partial charge < -0.3 is 33.6 Å². The van der Waals surface area contributed by atoms with E-state index in [0.29, 0.717) is 22.4 Å². The monoisotopic (exact) mass is 479 g/mol. The van der Waals surface area contributed by atoms with Gasteiger partial charge in [-0.15, -0.1) is 0 Å². The van der Waals surface area contributed by atoms with Crippen molar-refractivity contribution in [1.82, 2.24) is 24.1 Å². The highest BCUT2D eigenvalue weighted by atomic mass is 35.5. The number of H-pyrrole nitrogens is 1. The van der Waals surface area contributed by atoms with Gasteiger partial charge in [0, 0.05) is 19.8 Å². The average Bonchev–Trinajstić information content (AvgIpc) is 3.48. The molecule has 3 aromatic heterocycles. The Hall–Kier alpha value is -2.93. The number of ether oxygens (including phenoxy) is 4. The van der Waals surface area contributed by atoms with Crippen molar-refractivity contribution in [3.63, 3.8) is 0 Å². The van der Waals surface area contributed by atoms with E-state index < -0.39 is 29.6 Å². The third-order valence-electron chi connectivity index (χ3n) is 6.05. The first kappa shape index (κ1) is 21.9. The highest BCUT2D eigenvalue weighted by molar-refractivity contribution is 6.32. The van der Waals surface area contributed by atoms with Crippen LogP contribution in [0.25, 0.3) is 11.2 Å². The quantitative estimate of drug-likeness (QED) is 0.508. The molecule has 2 fully saturated rings. The van der Waals surface area contributed by atoms with Crippen LogP contribution < -0.4 is 20.7 Å². The molecule has 2 aliphatic rings. The van der Waals surface area contributed by atoms with E-state index in [1.54, 1.807) is 20.0 Å². The summed E-state index contributed by atoms with van der Waals surface area (Å²) in [5.74, 6) is 0.0871. The van der Waals surface area contributed by atoms with Gasteiger partial charge in [-0.05, 0) is 13.0 Å². The molecule has 176 valence electrons. The number of fused-ring (bicyclic) bond motifs is 2. The predicted molar refractivity (Wildman–Crippen MR) is 115 cm³/mol. The highest BCUT2D eigenvalue weighted by Crippen LogP contribution is 2.31. The number of rotatable bonds is 5. The fraction of sp³-hybridized carbons (Fsp3) is 0.500. The van der Waals surface area contributed by atoms with E-state index in [-0.39, 0.29) is 42.8 Å². The molecule has 0 bridgehead atoms. The molecule has 5 heterocycles. The molecule has 2 N–H and O–H groups in total. The maximum absolute atomic E-state index is 12.5. The van der Waals surface area contributed by atoms with Crippen LogP contribution >= 0.6 is 11.6 Å². The van der Waals surface area contributed by atoms with Gasteiger partial charge in [-0.3, -0.25) is 9.36 Å². The Kier molecular flexibility index (Phi) is 5.40. The molecule has 3 aromatic rings. The first-order chi connectivity index (χ1) is 15.7. The lowest BCUT2D eigenvalue weighted by atomic mass is 10.1. The molecule has 0 radical (unpaired) electrons. The van der Waals surface area contributed by atoms with Gasteiger partial charge in [0.05, 0.1) is 24.3 Å². The van der Waals surface area contributed by atoms with Crippen molar-refractivity contribution in [2.24, 2.45) is 14.1 Å². The number of halogens is 1. The fourth-order valence-corrected chi connectivity index (χ4v) is 4.25. The summed E-state index contributed by atoms with van der Waals surface area (Å²) in [7, 11) is 2.99. The van der Waals surface area contributed by atoms with Crippen molar-refractivity contribution in [3.8, 4) is 11.9 Å². The van der Waals surface area contributed by atoms with Gasteiger partial charge in [0.15, 0.2) is 11.8 Å². The molecule has 0 aliphatic carbocycles. The summed E-state index contributed by atoms with van der Waals surface area (Å²) in [4.78, 5) is 36.2. The highest BCUT2D eigenvalue weighted by Gasteiger charge is 2.48. The largest absolute Gasteiger partial charge is 0.471 e. The fourth-order valence-electron chi connectivity index (χ4n) is 4.05. The van der Waals surface area contributed by atoms with Crippen molar-refractivity contribution >= 4 is 22.8 Å². The lowest BCUT2D eigenvalue weighted by molar-refractivity contribution is 0.00706. The lowest BCUT2D eigenvalue weighted by Crippen LogP contribution is -2.40. The Morgan fingerprint density at radius 1 is 1.21 bits per heavy atom. The number of aliphatic hydroxyl groups is 1. The van der Waals surface area contributed by atoms with Crippen LogP contribution in [0.4, 0.5) is 0 Å². The van der Waals surface area contributed by atoms with Gasteiger partial charge in [-0.1, -0.05) is 11.6 Å². The normalized spacial score (nSPS) is 24.4. The van der Waals surface area contributed by atoms with Crippen LogP contribution in [0.1, 0.15) is 11.3 Å². The molecule has 0 aromatic carbocycles. The maximum Gasteiger partial charge on any atom is 0.330 e. The van der Waals surface area contributed by atoms with Crippen molar-refractivity contribution in [2.45, 2.75) is 37.9 Å². The van der Waals surface area contributed by atoms with Crippen molar-refractivity contribution in [3.05, 3.63) is 43.2 Å². The van der Waals surface area contributed by atoms with Gasteiger partial charge >= 0.3 is 5.69 Å². The molecule has 13 heteroatoms. The molecule has 5 rings (SSSR count). The third-order valence-corrected chi connectivity index (χ3v) is 6.32. The summed E-state index contributed by atoms with van der Waals surface area (Å²) in [5, 5.41) is 10.1. The van der Waals surface area contributed by atoms with Crippen LogP contribution in [-0.4, -0.2) is 66.8 Å². The summed E-state index contributed by atoms with van der Waals surface area (Å²) in [6.45, 7) is 2.01. The minimum Gasteiger partial charge on any atom is -0.471 e. The molecule has 0 amide bonds. The first-order valence-electron chi connectivity index (χ1n) is 10.3. The Morgan fingerprint density at radius 3 is 2.76 bits per heavy atom. The van der Waals surface area contributed by atoms with Gasteiger partial charge in [0.1, 0.15) is 29.9 Å². The topological polar surface area (TPSA) is 143 Å². The molecule has 2 saturated heterocycles. The lowest BCUT2D eigenvalue weighted by Gasteiger charge is -2.15. The minimum atomic E-state index is -0.674. The number of aliphatic hydroxyl groups excluding tert-OH is 1. The number of nitrogens with zero attached hydrogens (tertiary/aromatic N) is 4. The second-order valence-corrected chi connectivity index (χ2v) is 8.47. The predicted octanol–water partition coefficient (Wildman–Crippen LogP) is -0.198. The molecule has 4 atom stereocenters. The number of hydrogen-bond acceptors (Lipinski definition) is 9. The van der Waals surface area contributed by atoms with Gasteiger partial charge in [-0.2, -0.15) is 9.97 Å². The first-order valence-corrected chi connectivity index (χ1v) is 10.6. The van der Waals surface area contributed by atoms with E-state index in [0.717, 1.165) is 4.57 Å². The van der Waals surface area contributed by atoms with E-state index in [2.05, 4.69) is 15.0 Å². The number of hydrogen-bond donors (Lipinski definition) is 2. The smallest absolute Gasteiger partial charge is 0.330 e. The molecule has 0 spiro atoms. The van der Waals surface area contributed by atoms with E-state index in [1.807, 2.05) is 0 Å². The standard InChI is InChI=1S/C20H22ClN5O7/c1-8-9(18(28)26(3)20(29)25(8)2)5-32-17-10(21)4-11-16(23-17)24-19(22-11)33-13-7-31-14-12(27)6-30-15(13)14/h4,12-15,27H,5-7H2,1-3H3,(H,22,23,24)/t12-,13-,14?,15?/m1/s1. The summed E-state index contributed by atoms with van der Waals surface area (Å²) in [6.07, 6.45) is -1.90. The minimum absolute atomic E-state index is 0.0871. The average molecular weight is 480 g/mol. The Bertz CT molecular complexity index is 1350. The van der Waals surface area contributed by atoms with Crippen LogP contribution in [0.5, 0.6) is 11.9 Å². The van der Waals surface area contributed by atoms with Crippen molar-refractivity contribution in [1.29, 1.82) is 0 Å². The SMILES string of the molecule is Cc1c(COc2nc3nc(O[C@@H]4COC5C4OC[C@H]5O)[nH]c3cc2Cl)c(=O)n(C)c(=O)n1C. The molecular formula is C20H22ClN5O7. The van der Waals surface area contributed by atoms with Crippen LogP contribution in [-0.2, 0) is 30.2 Å². The number of pyridine rings is 1. The zero-order valence-electron chi connectivity index (χ0n) is 18.1. The van der Waals surface area contributed by atoms with Gasteiger partial charge in [-0.25, -0.2) is 4.79 Å². The number of aromatic amines is 1. The van der Waals surface area contributed by atoms with E-state index in [9.17, 15) is 14.7 Å². The van der Waals surface area contributed by atoms with Gasteiger partial charge in [0.2, 0.25) is 5.88 Å². The molecule has 12 nitrogen and oxygen atoms in total. The summed E-state index contributed by atoms with van der Waals surface area (Å²) in [5.41, 5.74) is 0.779. The summed E-state index contributed by atoms with van der Waals surface area (Å²) < 4.78 is 25.1. The summed E-state index contributed by atoms with van der Waals surface area (Å²) >= 11 is 6.32. The van der Waals surface area contributed by atoms with E-state index in [4.69, 9.17) is 30.5 Å². The maximum atomic E-state index is 12.5. The number of imidazole rings is 1. The van der Waals surface area contributed by atoms with Crippen molar-refractivity contribution in [2.75, 3.05) is 13.2 Å². The Labute approximate surface area is 191 Å². The van der Waals surface area contributed by atoms with Crippen LogP contribution in [0, 0.1) is 6.92 Å². The third kappa shape index (κ3) is 3.68.